The van der Waals surface area contributed by atoms with Gasteiger partial charge in [0.1, 0.15) is 0 Å². The Kier molecular flexibility index (Phi) is 6.45. The van der Waals surface area contributed by atoms with Crippen molar-refractivity contribution < 1.29 is 0 Å². The molecule has 2 N–H and O–H groups in total. The van der Waals surface area contributed by atoms with Crippen molar-refractivity contribution in [3.8, 4) is 0 Å². The van der Waals surface area contributed by atoms with Crippen molar-refractivity contribution in [2.45, 2.75) is 59.4 Å². The molecule has 0 rings (SSSR count). The van der Waals surface area contributed by atoms with E-state index in [-0.39, 0.29) is 0 Å². The van der Waals surface area contributed by atoms with Gasteiger partial charge in [0.2, 0.25) is 0 Å². The number of rotatable bonds is 6. The quantitative estimate of drug-likeness (QED) is 0.652. The van der Waals surface area contributed by atoms with Crippen LogP contribution in [0, 0.1) is 11.8 Å². The maximum Gasteiger partial charge on any atom is 0.00646 e. The molecule has 1 heteroatoms. The Balaban J connectivity index is 3.53. The van der Waals surface area contributed by atoms with E-state index in [4.69, 9.17) is 5.73 Å². The van der Waals surface area contributed by atoms with Crippen molar-refractivity contribution in [2.75, 3.05) is 0 Å². The summed E-state index contributed by atoms with van der Waals surface area (Å²) in [6.07, 6.45) is 5.01. The average molecular weight is 171 g/mol. The molecule has 0 bridgehead atoms. The molecule has 0 aromatic carbocycles. The van der Waals surface area contributed by atoms with E-state index in [9.17, 15) is 0 Å². The molecule has 0 amide bonds. The van der Waals surface area contributed by atoms with Crippen LogP contribution in [0.4, 0.5) is 0 Å². The fourth-order valence-electron chi connectivity index (χ4n) is 1.64. The van der Waals surface area contributed by atoms with Gasteiger partial charge in [0.15, 0.2) is 0 Å². The van der Waals surface area contributed by atoms with Gasteiger partial charge in [0.25, 0.3) is 0 Å². The molecule has 1 nitrogen and oxygen atoms in total. The van der Waals surface area contributed by atoms with Gasteiger partial charge in [-0.15, -0.1) is 0 Å². The Bertz CT molecular complexity index is 99.2. The van der Waals surface area contributed by atoms with Crippen LogP contribution in [0.3, 0.4) is 0 Å². The van der Waals surface area contributed by atoms with E-state index in [2.05, 4.69) is 27.7 Å². The van der Waals surface area contributed by atoms with Crippen molar-refractivity contribution in [3.63, 3.8) is 0 Å². The van der Waals surface area contributed by atoms with Gasteiger partial charge < -0.3 is 5.73 Å². The summed E-state index contributed by atoms with van der Waals surface area (Å²) < 4.78 is 0. The second-order valence-electron chi connectivity index (χ2n) is 4.41. The molecule has 0 aliphatic rings. The highest BCUT2D eigenvalue weighted by molar-refractivity contribution is 4.69. The van der Waals surface area contributed by atoms with Crippen molar-refractivity contribution >= 4 is 0 Å². The molecule has 12 heavy (non-hydrogen) atoms. The average Bonchev–Trinajstić information content (AvgIpc) is 1.98. The second-order valence-corrected chi connectivity index (χ2v) is 4.41. The van der Waals surface area contributed by atoms with Crippen molar-refractivity contribution in [1.82, 2.24) is 0 Å². The first-order chi connectivity index (χ1) is 5.57. The van der Waals surface area contributed by atoms with Gasteiger partial charge in [-0.25, -0.2) is 0 Å². The van der Waals surface area contributed by atoms with Gasteiger partial charge in [0.05, 0.1) is 0 Å². The lowest BCUT2D eigenvalue weighted by Gasteiger charge is -2.21. The van der Waals surface area contributed by atoms with Crippen molar-refractivity contribution in [2.24, 2.45) is 17.6 Å². The summed E-state index contributed by atoms with van der Waals surface area (Å²) >= 11 is 0. The molecule has 0 radical (unpaired) electrons. The monoisotopic (exact) mass is 171 g/mol. The first-order valence-corrected chi connectivity index (χ1v) is 5.33. The third kappa shape index (κ3) is 5.59. The minimum Gasteiger partial charge on any atom is -0.327 e. The van der Waals surface area contributed by atoms with Crippen LogP contribution in [0.5, 0.6) is 0 Å². The summed E-state index contributed by atoms with van der Waals surface area (Å²) in [5.41, 5.74) is 6.05. The Hall–Kier alpha value is -0.0400. The summed E-state index contributed by atoms with van der Waals surface area (Å²) in [6.45, 7) is 9.03. The van der Waals surface area contributed by atoms with E-state index in [1.807, 2.05) is 0 Å². The lowest BCUT2D eigenvalue weighted by atomic mass is 9.90. The van der Waals surface area contributed by atoms with Crippen molar-refractivity contribution in [3.05, 3.63) is 0 Å². The molecule has 0 heterocycles. The maximum absolute atomic E-state index is 6.05. The van der Waals surface area contributed by atoms with Crippen LogP contribution in [-0.4, -0.2) is 6.04 Å². The molecule has 2 unspecified atom stereocenters. The number of hydrogen-bond donors (Lipinski definition) is 1. The fraction of sp³-hybridized carbons (Fsp3) is 1.00. The van der Waals surface area contributed by atoms with Crippen LogP contribution < -0.4 is 5.73 Å². The van der Waals surface area contributed by atoms with E-state index in [1.165, 1.54) is 25.7 Å². The van der Waals surface area contributed by atoms with Crippen LogP contribution in [0.2, 0.25) is 0 Å². The molecule has 0 saturated carbocycles. The number of hydrogen-bond acceptors (Lipinski definition) is 1. The summed E-state index contributed by atoms with van der Waals surface area (Å²) in [5.74, 6) is 1.48. The maximum atomic E-state index is 6.05. The molecule has 0 aromatic heterocycles. The van der Waals surface area contributed by atoms with Gasteiger partial charge >= 0.3 is 0 Å². The van der Waals surface area contributed by atoms with E-state index in [1.54, 1.807) is 0 Å². The van der Waals surface area contributed by atoms with Gasteiger partial charge in [0, 0.05) is 6.04 Å². The third-order valence-electron chi connectivity index (χ3n) is 2.47. The smallest absolute Gasteiger partial charge is 0.00646 e. The SMILES string of the molecule is CCCCC(N)C(C)CC(C)C. The largest absolute Gasteiger partial charge is 0.327 e. The number of nitrogens with two attached hydrogens (primary N) is 1. The van der Waals surface area contributed by atoms with Gasteiger partial charge in [-0.3, -0.25) is 0 Å². The lowest BCUT2D eigenvalue weighted by Crippen LogP contribution is -2.28. The molecule has 2 atom stereocenters. The van der Waals surface area contributed by atoms with E-state index >= 15 is 0 Å². The Morgan fingerprint density at radius 1 is 1.17 bits per heavy atom. The van der Waals surface area contributed by atoms with Crippen LogP contribution in [0.1, 0.15) is 53.4 Å². The predicted molar refractivity (Wildman–Crippen MR) is 56.1 cm³/mol. The molecule has 0 aromatic rings. The van der Waals surface area contributed by atoms with E-state index in [0.29, 0.717) is 12.0 Å². The summed E-state index contributed by atoms with van der Waals surface area (Å²) in [5, 5.41) is 0. The lowest BCUT2D eigenvalue weighted by molar-refractivity contribution is 0.353. The molecule has 0 saturated heterocycles. The number of unbranched alkanes of at least 4 members (excludes halogenated alkanes) is 1. The zero-order valence-corrected chi connectivity index (χ0v) is 9.14. The normalized spacial score (nSPS) is 16.5. The van der Waals surface area contributed by atoms with Crippen LogP contribution in [-0.2, 0) is 0 Å². The third-order valence-corrected chi connectivity index (χ3v) is 2.47. The van der Waals surface area contributed by atoms with Crippen LogP contribution in [0.25, 0.3) is 0 Å². The minimum atomic E-state index is 0.423. The molecule has 0 aliphatic carbocycles. The predicted octanol–water partition coefficient (Wildman–Crippen LogP) is 3.19. The van der Waals surface area contributed by atoms with Gasteiger partial charge in [-0.05, 0) is 24.7 Å². The van der Waals surface area contributed by atoms with Crippen LogP contribution >= 0.6 is 0 Å². The van der Waals surface area contributed by atoms with E-state index in [0.717, 1.165) is 5.92 Å². The van der Waals surface area contributed by atoms with Gasteiger partial charge in [-0.2, -0.15) is 0 Å². The topological polar surface area (TPSA) is 26.0 Å². The molecular formula is C11H25N. The highest BCUT2D eigenvalue weighted by Gasteiger charge is 2.12. The fourth-order valence-corrected chi connectivity index (χ4v) is 1.64. The Labute approximate surface area is 77.7 Å². The molecule has 0 fully saturated rings. The van der Waals surface area contributed by atoms with Crippen LogP contribution in [0.15, 0.2) is 0 Å². The van der Waals surface area contributed by atoms with Gasteiger partial charge in [-0.1, -0.05) is 40.5 Å². The second kappa shape index (κ2) is 6.47. The van der Waals surface area contributed by atoms with E-state index < -0.39 is 0 Å². The zero-order valence-electron chi connectivity index (χ0n) is 9.14. The molecule has 0 aliphatic heterocycles. The zero-order chi connectivity index (χ0) is 9.56. The highest BCUT2D eigenvalue weighted by Crippen LogP contribution is 2.16. The minimum absolute atomic E-state index is 0.423. The standard InChI is InChI=1S/C11H25N/c1-5-6-7-11(12)10(4)8-9(2)3/h9-11H,5-8,12H2,1-4H3. The summed E-state index contributed by atoms with van der Waals surface area (Å²) in [6, 6.07) is 0.423. The Morgan fingerprint density at radius 3 is 2.17 bits per heavy atom. The van der Waals surface area contributed by atoms with Crippen molar-refractivity contribution in [1.29, 1.82) is 0 Å². The molecular weight excluding hydrogens is 146 g/mol. The highest BCUT2D eigenvalue weighted by atomic mass is 14.6. The first-order valence-electron chi connectivity index (χ1n) is 5.33. The summed E-state index contributed by atoms with van der Waals surface area (Å²) in [7, 11) is 0. The molecule has 0 spiro atoms. The molecule has 74 valence electrons. The first kappa shape index (κ1) is 12.0. The summed E-state index contributed by atoms with van der Waals surface area (Å²) in [4.78, 5) is 0. The Morgan fingerprint density at radius 2 is 1.75 bits per heavy atom.